The smallest absolute Gasteiger partial charge is 0.340 e. The molecule has 8 aromatic rings. The molecule has 0 saturated carbocycles. The van der Waals surface area contributed by atoms with Gasteiger partial charge in [-0.05, 0) is 153 Å². The second-order valence-electron chi connectivity index (χ2n) is 24.4. The number of hydrogen-bond acceptors (Lipinski definition) is 10. The Morgan fingerprint density at radius 3 is 1.12 bits per heavy atom. The van der Waals surface area contributed by atoms with Crippen molar-refractivity contribution in [1.82, 2.24) is 0 Å². The van der Waals surface area contributed by atoms with Crippen LogP contribution in [0.3, 0.4) is 0 Å². The predicted molar refractivity (Wildman–Crippen MR) is 349 cm³/mol. The summed E-state index contributed by atoms with van der Waals surface area (Å²) in [6, 6.07) is 54.9. The number of nitrogens with zero attached hydrogens (tertiary/aromatic N) is 4. The van der Waals surface area contributed by atoms with E-state index in [0.29, 0.717) is 34.1 Å². The summed E-state index contributed by atoms with van der Waals surface area (Å²) in [5, 5.41) is 0. The molecule has 2 atom stereocenters. The summed E-state index contributed by atoms with van der Waals surface area (Å²) in [7, 11) is 4.21. The van der Waals surface area contributed by atoms with Crippen molar-refractivity contribution in [3.05, 3.63) is 224 Å². The summed E-state index contributed by atoms with van der Waals surface area (Å²) in [5.41, 5.74) is 14.1. The number of rotatable bonds is 21. The number of ether oxygens (including phenoxy) is 4. The first-order valence-electron chi connectivity index (χ1n) is 31.5. The minimum Gasteiger partial charge on any atom is -0.456 e. The molecule has 4 aliphatic rings. The topological polar surface area (TPSA) is 84.0 Å². The molecule has 0 aliphatic carbocycles. The molecule has 12 rings (SSSR count). The van der Waals surface area contributed by atoms with E-state index in [2.05, 4.69) is 198 Å². The molecule has 0 amide bonds. The monoisotopic (exact) mass is 1150 g/mol. The van der Waals surface area contributed by atoms with E-state index in [1.54, 1.807) is 0 Å². The van der Waals surface area contributed by atoms with Gasteiger partial charge in [-0.25, -0.2) is 9.59 Å². The number of aryl methyl sites for hydroxylation is 2. The molecule has 442 valence electrons. The molecule has 0 aromatic heterocycles. The highest BCUT2D eigenvalue weighted by atomic mass is 16.6. The number of benzene rings is 8. The molecule has 0 bridgehead atoms. The van der Waals surface area contributed by atoms with Crippen molar-refractivity contribution in [2.24, 2.45) is 0 Å². The van der Waals surface area contributed by atoms with Crippen LogP contribution in [-0.4, -0.2) is 52.2 Å². The number of hydrogen-bond donors (Lipinski definition) is 0. The third-order valence-corrected chi connectivity index (χ3v) is 19.1. The Balaban J connectivity index is 0.828. The maximum absolute atomic E-state index is 13.9. The van der Waals surface area contributed by atoms with Crippen molar-refractivity contribution < 1.29 is 28.5 Å². The first-order valence-corrected chi connectivity index (χ1v) is 31.5. The molecular formula is C76H82N4O6. The van der Waals surface area contributed by atoms with Gasteiger partial charge in [0.15, 0.2) is 11.2 Å². The van der Waals surface area contributed by atoms with Crippen LogP contribution in [-0.2, 0) is 26.1 Å². The van der Waals surface area contributed by atoms with E-state index in [-0.39, 0.29) is 17.4 Å². The van der Waals surface area contributed by atoms with E-state index in [9.17, 15) is 9.59 Å². The second kappa shape index (κ2) is 23.4. The quantitative estimate of drug-likeness (QED) is 0.0649. The van der Waals surface area contributed by atoms with E-state index in [1.165, 1.54) is 11.1 Å². The molecular weight excluding hydrogens is 1060 g/mol. The minimum atomic E-state index is -1.19. The molecule has 0 radical (unpaired) electrons. The highest BCUT2D eigenvalue weighted by Gasteiger charge is 2.55. The fourth-order valence-electron chi connectivity index (χ4n) is 13.8. The molecule has 0 N–H and O–H groups in total. The van der Waals surface area contributed by atoms with E-state index < -0.39 is 11.2 Å². The Labute approximate surface area is 509 Å². The van der Waals surface area contributed by atoms with Crippen LogP contribution in [0.15, 0.2) is 158 Å². The average molecular weight is 1150 g/mol. The van der Waals surface area contributed by atoms with Crippen molar-refractivity contribution >= 4 is 46.1 Å². The molecule has 10 heteroatoms. The lowest BCUT2D eigenvalue weighted by atomic mass is 9.74. The Morgan fingerprint density at radius 1 is 0.407 bits per heavy atom. The number of unbranched alkanes of at least 4 members (excludes halogenated alkanes) is 4. The van der Waals surface area contributed by atoms with Gasteiger partial charge < -0.3 is 38.5 Å². The van der Waals surface area contributed by atoms with Gasteiger partial charge in [-0.1, -0.05) is 128 Å². The average Bonchev–Trinajstić information content (AvgIpc) is 1.45. The second-order valence-corrected chi connectivity index (χ2v) is 24.4. The van der Waals surface area contributed by atoms with Crippen LogP contribution >= 0.6 is 0 Å². The van der Waals surface area contributed by atoms with Crippen LogP contribution in [0.5, 0.6) is 23.0 Å². The number of carbonyl (C=O) groups excluding carboxylic acids is 2. The first-order chi connectivity index (χ1) is 41.7. The molecule has 86 heavy (non-hydrogen) atoms. The maximum Gasteiger partial charge on any atom is 0.340 e. The minimum absolute atomic E-state index is 0.294. The van der Waals surface area contributed by atoms with Gasteiger partial charge in [0.1, 0.15) is 23.0 Å². The van der Waals surface area contributed by atoms with Crippen LogP contribution in [0.25, 0.3) is 0 Å². The van der Waals surface area contributed by atoms with Gasteiger partial charge in [0.05, 0.1) is 11.1 Å². The zero-order valence-electron chi connectivity index (χ0n) is 51.9. The first kappa shape index (κ1) is 57.9. The molecule has 4 heterocycles. The van der Waals surface area contributed by atoms with Crippen LogP contribution in [0.1, 0.15) is 176 Å². The third-order valence-electron chi connectivity index (χ3n) is 19.1. The Bertz CT molecular complexity index is 3610. The Morgan fingerprint density at radius 2 is 0.756 bits per heavy atom. The molecule has 4 aliphatic heterocycles. The highest BCUT2D eigenvalue weighted by Crippen LogP contribution is 2.60. The van der Waals surface area contributed by atoms with Crippen molar-refractivity contribution in [3.63, 3.8) is 0 Å². The van der Waals surface area contributed by atoms with Gasteiger partial charge in [-0.2, -0.15) is 0 Å². The third kappa shape index (κ3) is 9.64. The van der Waals surface area contributed by atoms with E-state index in [0.717, 1.165) is 163 Å². The van der Waals surface area contributed by atoms with Crippen molar-refractivity contribution in [2.45, 2.75) is 130 Å². The molecule has 0 fully saturated rings. The van der Waals surface area contributed by atoms with Gasteiger partial charge in [0.2, 0.25) is 0 Å². The molecule has 8 aromatic carbocycles. The van der Waals surface area contributed by atoms with Crippen LogP contribution in [0.2, 0.25) is 0 Å². The van der Waals surface area contributed by atoms with Gasteiger partial charge >= 0.3 is 11.9 Å². The number of anilines is 6. The lowest BCUT2D eigenvalue weighted by Crippen LogP contribution is -2.34. The fourth-order valence-corrected chi connectivity index (χ4v) is 13.8. The Hall–Kier alpha value is -8.50. The van der Waals surface area contributed by atoms with Crippen LogP contribution in [0, 0.1) is 13.8 Å². The summed E-state index contributed by atoms with van der Waals surface area (Å²) >= 11 is 0. The molecule has 0 saturated heterocycles. The molecule has 2 spiro atoms. The van der Waals surface area contributed by atoms with Crippen molar-refractivity contribution in [3.8, 4) is 23.0 Å². The largest absolute Gasteiger partial charge is 0.456 e. The van der Waals surface area contributed by atoms with E-state index >= 15 is 0 Å². The number of esters is 2. The zero-order chi connectivity index (χ0) is 60.1. The lowest BCUT2D eigenvalue weighted by Gasteiger charge is -2.38. The van der Waals surface area contributed by atoms with E-state index in [4.69, 9.17) is 18.9 Å². The molecule has 2 unspecified atom stereocenters. The summed E-state index contributed by atoms with van der Waals surface area (Å²) in [4.78, 5) is 37.3. The van der Waals surface area contributed by atoms with E-state index in [1.807, 2.05) is 48.5 Å². The van der Waals surface area contributed by atoms with Crippen LogP contribution < -0.4 is 29.1 Å². The van der Waals surface area contributed by atoms with Gasteiger partial charge in [-0.15, -0.1) is 0 Å². The SMILES string of the molecule is CCCCN(CCCC)c1ccc2c(c1)Oc1cc(C)c(N(C)c3ccc(C(C)(CC)c4ccc(N(C)c5cc6c(cc5C)Oc5cc(N(CCCC)CCCC)ccc5C65OC(=O)c6ccccc65)cc4)cc3)cc1C21OC(=O)c2ccccc21. The summed E-state index contributed by atoms with van der Waals surface area (Å²) in [6.45, 7) is 21.6. The summed E-state index contributed by atoms with van der Waals surface area (Å²) in [5.74, 6) is 2.11. The van der Waals surface area contributed by atoms with Gasteiger partial charge in [0.25, 0.3) is 0 Å². The van der Waals surface area contributed by atoms with Crippen molar-refractivity contribution in [1.29, 1.82) is 0 Å². The fraction of sp³-hybridized carbons (Fsp3) is 0.342. The lowest BCUT2D eigenvalue weighted by molar-refractivity contribution is 0.0214. The predicted octanol–water partition coefficient (Wildman–Crippen LogP) is 18.5. The highest BCUT2D eigenvalue weighted by molar-refractivity contribution is 5.98. The van der Waals surface area contributed by atoms with Crippen molar-refractivity contribution in [2.75, 3.05) is 59.9 Å². The van der Waals surface area contributed by atoms with Gasteiger partial charge in [-0.3, -0.25) is 0 Å². The maximum atomic E-state index is 13.9. The van der Waals surface area contributed by atoms with Gasteiger partial charge in [0, 0.05) is 125 Å². The van der Waals surface area contributed by atoms with Crippen LogP contribution in [0.4, 0.5) is 34.1 Å². The summed E-state index contributed by atoms with van der Waals surface area (Å²) in [6.07, 6.45) is 9.76. The Kier molecular flexibility index (Phi) is 15.8. The standard InChI is InChI=1S/C76H82N4O6/c1-11-16-40-79(41-17-12-2)56-36-38-62-70(46-56)83-68-44-50(6)66(48-64(68)75(62)60-26-22-20-24-58(60)72(81)85-75)77(9)54-32-28-52(29-33-54)74(8,15-5)53-30-34-55(35-31-53)78(10)67-49-65-69(45-51(67)7)84-71-47-57(80(42-18-13-3)43-19-14-4)37-39-63(71)76(65)61-27-23-21-25-59(61)73(82)86-76/h20-39,44-49H,11-19,40-43H2,1-10H3. The zero-order valence-corrected chi connectivity index (χ0v) is 51.9. The molecule has 10 nitrogen and oxygen atoms in total. The number of carbonyl (C=O) groups is 2. The summed E-state index contributed by atoms with van der Waals surface area (Å²) < 4.78 is 27.2. The number of fused-ring (bicyclic) bond motifs is 12. The normalized spacial score (nSPS) is 17.2.